The Morgan fingerprint density at radius 2 is 2.00 bits per heavy atom. The van der Waals surface area contributed by atoms with Crippen molar-refractivity contribution in [2.45, 2.75) is 24.8 Å². The molecule has 0 unspecified atom stereocenters. The molecule has 0 aromatic heterocycles. The average molecular weight is 299 g/mol. The minimum atomic E-state index is -1.19. The summed E-state index contributed by atoms with van der Waals surface area (Å²) in [5.41, 5.74) is 0.253. The average Bonchev–Trinajstić information content (AvgIpc) is 2.34. The van der Waals surface area contributed by atoms with Crippen molar-refractivity contribution in [2.24, 2.45) is 0 Å². The summed E-state index contributed by atoms with van der Waals surface area (Å²) in [6.45, 7) is 2.54. The summed E-state index contributed by atoms with van der Waals surface area (Å²) >= 11 is 0.964. The maximum atomic E-state index is 13.7. The number of amides is 1. The topological polar surface area (TPSA) is 83.5 Å². The largest absolute Gasteiger partial charge is 0.480 e. The number of thioether (sulfide) groups is 1. The van der Waals surface area contributed by atoms with Gasteiger partial charge >= 0.3 is 5.97 Å². The van der Waals surface area contributed by atoms with E-state index in [0.29, 0.717) is 0 Å². The Labute approximate surface area is 119 Å². The number of hydrogen-bond acceptors (Lipinski definition) is 4. The van der Waals surface area contributed by atoms with Gasteiger partial charge in [0.2, 0.25) is 5.91 Å². The molecular weight excluding hydrogens is 285 g/mol. The quantitative estimate of drug-likeness (QED) is 0.617. The summed E-state index contributed by atoms with van der Waals surface area (Å²) in [6.07, 6.45) is 0. The first-order valence-electron chi connectivity index (χ1n) is 5.74. The Balaban J connectivity index is 2.75. The first-order chi connectivity index (χ1) is 9.31. The Morgan fingerprint density at radius 3 is 2.45 bits per heavy atom. The van der Waals surface area contributed by atoms with Crippen molar-refractivity contribution in [2.75, 3.05) is 5.75 Å². The fourth-order valence-corrected chi connectivity index (χ4v) is 2.36. The van der Waals surface area contributed by atoms with Gasteiger partial charge in [-0.2, -0.15) is 0 Å². The highest BCUT2D eigenvalue weighted by atomic mass is 32.2. The molecule has 5 nitrogen and oxygen atoms in total. The molecule has 0 aliphatic heterocycles. The van der Waals surface area contributed by atoms with Crippen LogP contribution in [0.1, 0.15) is 24.2 Å². The van der Waals surface area contributed by atoms with Crippen molar-refractivity contribution in [3.05, 3.63) is 29.6 Å². The first-order valence-corrected chi connectivity index (χ1v) is 6.73. The Bertz CT molecular complexity index is 547. The van der Waals surface area contributed by atoms with Gasteiger partial charge in [-0.05, 0) is 19.1 Å². The second-order valence-corrected chi connectivity index (χ2v) is 5.17. The number of aliphatic carboxylic acids is 1. The van der Waals surface area contributed by atoms with Crippen LogP contribution in [0.25, 0.3) is 0 Å². The minimum absolute atomic E-state index is 0.00868. The van der Waals surface area contributed by atoms with Gasteiger partial charge in [-0.1, -0.05) is 6.07 Å². The van der Waals surface area contributed by atoms with Crippen molar-refractivity contribution in [3.8, 4) is 0 Å². The number of halogens is 1. The summed E-state index contributed by atoms with van der Waals surface area (Å²) in [7, 11) is 0. The highest BCUT2D eigenvalue weighted by Crippen LogP contribution is 2.23. The van der Waals surface area contributed by atoms with Crippen LogP contribution < -0.4 is 5.32 Å². The number of carboxylic acids is 1. The first kappa shape index (κ1) is 16.2. The fourth-order valence-electron chi connectivity index (χ4n) is 1.43. The summed E-state index contributed by atoms with van der Waals surface area (Å²) in [6, 6.07) is 2.91. The molecule has 1 amide bonds. The van der Waals surface area contributed by atoms with Crippen molar-refractivity contribution < 1.29 is 23.9 Å². The third-order valence-electron chi connectivity index (χ3n) is 2.42. The molecule has 0 radical (unpaired) electrons. The molecule has 108 valence electrons. The van der Waals surface area contributed by atoms with Gasteiger partial charge in [0.1, 0.15) is 11.9 Å². The third kappa shape index (κ3) is 4.65. The molecule has 1 aromatic rings. The van der Waals surface area contributed by atoms with Crippen LogP contribution in [0.15, 0.2) is 23.1 Å². The van der Waals surface area contributed by atoms with Crippen LogP contribution in [-0.2, 0) is 9.59 Å². The number of hydrogen-bond donors (Lipinski definition) is 2. The summed E-state index contributed by atoms with van der Waals surface area (Å²) in [5.74, 6) is -2.50. The lowest BCUT2D eigenvalue weighted by Gasteiger charge is -2.13. The van der Waals surface area contributed by atoms with E-state index in [1.54, 1.807) is 0 Å². The van der Waals surface area contributed by atoms with Gasteiger partial charge in [0, 0.05) is 23.1 Å². The van der Waals surface area contributed by atoms with E-state index in [2.05, 4.69) is 5.32 Å². The van der Waals surface area contributed by atoms with Gasteiger partial charge in [0.15, 0.2) is 5.78 Å². The molecule has 1 rings (SSSR count). The third-order valence-corrected chi connectivity index (χ3v) is 3.56. The van der Waals surface area contributed by atoms with Gasteiger partial charge in [-0.25, -0.2) is 9.18 Å². The second-order valence-electron chi connectivity index (χ2n) is 4.10. The van der Waals surface area contributed by atoms with Gasteiger partial charge in [-0.15, -0.1) is 11.8 Å². The normalized spacial score (nSPS) is 11.8. The number of carbonyl (C=O) groups excluding carboxylic acids is 2. The van der Waals surface area contributed by atoms with Crippen molar-refractivity contribution in [3.63, 3.8) is 0 Å². The van der Waals surface area contributed by atoms with Crippen LogP contribution in [-0.4, -0.2) is 34.6 Å². The van der Waals surface area contributed by atoms with E-state index in [-0.39, 0.29) is 22.0 Å². The number of rotatable bonds is 6. The molecule has 0 saturated carbocycles. The molecule has 0 saturated heterocycles. The molecular formula is C13H14FNO4S. The van der Waals surface area contributed by atoms with E-state index >= 15 is 0 Å². The Morgan fingerprint density at radius 1 is 1.35 bits per heavy atom. The number of benzene rings is 1. The van der Waals surface area contributed by atoms with Crippen LogP contribution in [0.5, 0.6) is 0 Å². The van der Waals surface area contributed by atoms with Crippen molar-refractivity contribution >= 4 is 29.4 Å². The maximum Gasteiger partial charge on any atom is 0.327 e. The molecule has 0 heterocycles. The Hall–Kier alpha value is -1.89. The number of Topliss-reactive ketones (excluding diaryl/α,β-unsaturated/α-hetero) is 1. The molecule has 0 spiro atoms. The molecule has 0 aliphatic rings. The molecule has 7 heteroatoms. The number of carbonyl (C=O) groups is 3. The number of carboxylic acid groups (broad SMARTS) is 1. The molecule has 20 heavy (non-hydrogen) atoms. The predicted octanol–water partition coefficient (Wildman–Crippen LogP) is 1.71. The molecule has 2 N–H and O–H groups in total. The molecule has 1 atom stereocenters. The lowest BCUT2D eigenvalue weighted by molar-refractivity contribution is -0.140. The zero-order chi connectivity index (χ0) is 15.3. The lowest BCUT2D eigenvalue weighted by atomic mass is 10.1. The lowest BCUT2D eigenvalue weighted by Crippen LogP contribution is -2.41. The van der Waals surface area contributed by atoms with Crippen LogP contribution in [0.3, 0.4) is 0 Å². The molecule has 0 fully saturated rings. The zero-order valence-corrected chi connectivity index (χ0v) is 11.8. The summed E-state index contributed by atoms with van der Waals surface area (Å²) in [5, 5.41) is 11.2. The van der Waals surface area contributed by atoms with Gasteiger partial charge < -0.3 is 10.4 Å². The fraction of sp³-hybridized carbons (Fsp3) is 0.308. The Kier molecular flexibility index (Phi) is 5.69. The van der Waals surface area contributed by atoms with E-state index in [1.807, 2.05) is 0 Å². The van der Waals surface area contributed by atoms with E-state index in [9.17, 15) is 18.8 Å². The number of ketones is 1. The second kappa shape index (κ2) is 7.04. The standard InChI is InChI=1S/C13H14FNO4S/c1-7(16)9-3-4-12(10(14)5-9)20-6-11(13(18)19)15-8(2)17/h3-5,11H,6H2,1-2H3,(H,15,17)(H,18,19)/t11-/m0/s1. The minimum Gasteiger partial charge on any atom is -0.480 e. The molecule has 0 aliphatic carbocycles. The van der Waals surface area contributed by atoms with E-state index in [4.69, 9.17) is 5.11 Å². The van der Waals surface area contributed by atoms with E-state index < -0.39 is 23.7 Å². The summed E-state index contributed by atoms with van der Waals surface area (Å²) in [4.78, 5) is 33.1. The van der Waals surface area contributed by atoms with Crippen LogP contribution in [0.2, 0.25) is 0 Å². The monoisotopic (exact) mass is 299 g/mol. The van der Waals surface area contributed by atoms with E-state index in [1.165, 1.54) is 26.0 Å². The highest BCUT2D eigenvalue weighted by molar-refractivity contribution is 7.99. The van der Waals surface area contributed by atoms with Gasteiger partial charge in [0.25, 0.3) is 0 Å². The van der Waals surface area contributed by atoms with Gasteiger partial charge in [-0.3, -0.25) is 9.59 Å². The van der Waals surface area contributed by atoms with Gasteiger partial charge in [0.05, 0.1) is 0 Å². The predicted molar refractivity (Wildman–Crippen MR) is 72.4 cm³/mol. The summed E-state index contributed by atoms with van der Waals surface area (Å²) < 4.78 is 13.7. The van der Waals surface area contributed by atoms with Crippen LogP contribution in [0.4, 0.5) is 4.39 Å². The zero-order valence-electron chi connectivity index (χ0n) is 11.0. The highest BCUT2D eigenvalue weighted by Gasteiger charge is 2.19. The van der Waals surface area contributed by atoms with Crippen molar-refractivity contribution in [1.82, 2.24) is 5.32 Å². The molecule has 1 aromatic carbocycles. The molecule has 0 bridgehead atoms. The van der Waals surface area contributed by atoms with Crippen molar-refractivity contribution in [1.29, 1.82) is 0 Å². The van der Waals surface area contributed by atoms with Crippen LogP contribution >= 0.6 is 11.8 Å². The van der Waals surface area contributed by atoms with E-state index in [0.717, 1.165) is 17.8 Å². The van der Waals surface area contributed by atoms with Crippen LogP contribution in [0, 0.1) is 5.82 Å². The SMILES string of the molecule is CC(=O)N[C@@H](CSc1ccc(C(C)=O)cc1F)C(=O)O. The smallest absolute Gasteiger partial charge is 0.327 e. The number of nitrogens with one attached hydrogen (secondary N) is 1. The maximum absolute atomic E-state index is 13.7.